The summed E-state index contributed by atoms with van der Waals surface area (Å²) >= 11 is 15.9. The van der Waals surface area contributed by atoms with E-state index in [-0.39, 0.29) is 12.2 Å². The molecule has 0 spiro atoms. The number of aromatic amines is 1. The fourth-order valence-electron chi connectivity index (χ4n) is 2.27. The lowest BCUT2D eigenvalue weighted by Crippen LogP contribution is -2.36. The van der Waals surface area contributed by atoms with Crippen molar-refractivity contribution in [1.29, 1.82) is 0 Å². The van der Waals surface area contributed by atoms with E-state index in [2.05, 4.69) is 4.98 Å². The van der Waals surface area contributed by atoms with Gasteiger partial charge in [-0.05, 0) is 41.2 Å². The standard InChI is InChI=1S/C11H15Cl2N2O6PS/c1-2-15-3-5(10(18)14-11(15)19)9-8(17)7(16)6(21-9)4-20-22(12,13)23/h3,6-9,16-17H,2,4H2,1H3,(H,14,18,19)/t6-,7+,8?,9+/m1/s1. The van der Waals surface area contributed by atoms with Crippen molar-refractivity contribution in [3.05, 3.63) is 32.6 Å². The summed E-state index contributed by atoms with van der Waals surface area (Å²) in [7, 11) is 0. The molecule has 2 heterocycles. The first kappa shape index (κ1) is 19.1. The highest BCUT2D eigenvalue weighted by Gasteiger charge is 2.45. The number of hydrogen-bond donors (Lipinski definition) is 3. The maximum atomic E-state index is 11.9. The molecule has 3 N–H and O–H groups in total. The van der Waals surface area contributed by atoms with Gasteiger partial charge in [0.25, 0.3) is 5.56 Å². The van der Waals surface area contributed by atoms with E-state index in [1.807, 2.05) is 0 Å². The molecule has 130 valence electrons. The van der Waals surface area contributed by atoms with Crippen molar-refractivity contribution in [2.24, 2.45) is 0 Å². The van der Waals surface area contributed by atoms with E-state index in [0.717, 1.165) is 0 Å². The zero-order valence-electron chi connectivity index (χ0n) is 11.9. The van der Waals surface area contributed by atoms with Crippen LogP contribution in [-0.2, 0) is 27.6 Å². The van der Waals surface area contributed by atoms with E-state index >= 15 is 0 Å². The number of H-pyrrole nitrogens is 1. The molecule has 1 aliphatic rings. The first-order valence-corrected chi connectivity index (χ1v) is 11.2. The van der Waals surface area contributed by atoms with Crippen molar-refractivity contribution >= 4 is 39.3 Å². The third-order valence-electron chi connectivity index (χ3n) is 3.44. The Morgan fingerprint density at radius 3 is 2.65 bits per heavy atom. The second-order valence-corrected chi connectivity index (χ2v) is 12.1. The van der Waals surface area contributed by atoms with E-state index in [4.69, 9.17) is 43.5 Å². The molecule has 0 radical (unpaired) electrons. The van der Waals surface area contributed by atoms with Gasteiger partial charge in [0.2, 0.25) is 4.97 Å². The quantitative estimate of drug-likeness (QED) is 0.609. The molecule has 8 nitrogen and oxygen atoms in total. The Balaban J connectivity index is 2.26. The van der Waals surface area contributed by atoms with Crippen LogP contribution in [0.3, 0.4) is 0 Å². The number of hydrogen-bond acceptors (Lipinski definition) is 7. The average molecular weight is 405 g/mol. The van der Waals surface area contributed by atoms with Gasteiger partial charge < -0.3 is 24.0 Å². The molecule has 1 aromatic heterocycles. The van der Waals surface area contributed by atoms with Gasteiger partial charge in [0.05, 0.1) is 12.2 Å². The van der Waals surface area contributed by atoms with Crippen LogP contribution in [0.1, 0.15) is 18.6 Å². The first-order chi connectivity index (χ1) is 10.6. The van der Waals surface area contributed by atoms with Crippen LogP contribution in [0.25, 0.3) is 0 Å². The van der Waals surface area contributed by atoms with E-state index in [1.165, 1.54) is 10.8 Å². The van der Waals surface area contributed by atoms with Crippen molar-refractivity contribution < 1.29 is 19.5 Å². The molecule has 1 aliphatic heterocycles. The highest BCUT2D eigenvalue weighted by Crippen LogP contribution is 2.58. The minimum Gasteiger partial charge on any atom is -0.387 e. The summed E-state index contributed by atoms with van der Waals surface area (Å²) in [5.74, 6) is 0. The summed E-state index contributed by atoms with van der Waals surface area (Å²) < 4.78 is 11.8. The third kappa shape index (κ3) is 4.43. The van der Waals surface area contributed by atoms with Crippen LogP contribution >= 0.6 is 27.5 Å². The molecule has 0 amide bonds. The normalized spacial score (nSPS) is 28.2. The summed E-state index contributed by atoms with van der Waals surface area (Å²) in [5.41, 5.74) is -1.24. The van der Waals surface area contributed by atoms with Gasteiger partial charge in [-0.15, -0.1) is 0 Å². The molecule has 0 aromatic carbocycles. The molecule has 23 heavy (non-hydrogen) atoms. The third-order valence-corrected chi connectivity index (χ3v) is 4.79. The van der Waals surface area contributed by atoms with Gasteiger partial charge in [0, 0.05) is 12.7 Å². The van der Waals surface area contributed by atoms with Gasteiger partial charge in [-0.1, -0.05) is 0 Å². The predicted octanol–water partition coefficient (Wildman–Crippen LogP) is 0.437. The summed E-state index contributed by atoms with van der Waals surface area (Å²) in [6.07, 6.45) is -3.49. The molecule has 1 fully saturated rings. The fourth-order valence-corrected chi connectivity index (χ4v) is 3.11. The second kappa shape index (κ2) is 7.33. The van der Waals surface area contributed by atoms with Crippen LogP contribution in [0.2, 0.25) is 0 Å². The van der Waals surface area contributed by atoms with Gasteiger partial charge in [-0.2, -0.15) is 0 Å². The Hall–Kier alpha value is -0.250. The van der Waals surface area contributed by atoms with Crippen molar-refractivity contribution in [3.63, 3.8) is 0 Å². The number of nitrogens with one attached hydrogen (secondary N) is 1. The average Bonchev–Trinajstić information content (AvgIpc) is 2.73. The smallest absolute Gasteiger partial charge is 0.328 e. The Morgan fingerprint density at radius 1 is 1.43 bits per heavy atom. The minimum atomic E-state index is -2.99. The Morgan fingerprint density at radius 2 is 2.09 bits per heavy atom. The zero-order chi connectivity index (χ0) is 17.4. The second-order valence-electron chi connectivity index (χ2n) is 4.92. The van der Waals surface area contributed by atoms with E-state index in [0.29, 0.717) is 6.54 Å². The maximum absolute atomic E-state index is 11.9. The monoisotopic (exact) mass is 404 g/mol. The van der Waals surface area contributed by atoms with E-state index < -0.39 is 40.6 Å². The number of aliphatic hydroxyl groups is 2. The molecule has 0 bridgehead atoms. The number of rotatable bonds is 5. The van der Waals surface area contributed by atoms with Gasteiger partial charge in [0.15, 0.2) is 0 Å². The van der Waals surface area contributed by atoms with Crippen LogP contribution in [0.4, 0.5) is 0 Å². The summed E-state index contributed by atoms with van der Waals surface area (Å²) in [4.78, 5) is 22.6. The predicted molar refractivity (Wildman–Crippen MR) is 88.6 cm³/mol. The summed E-state index contributed by atoms with van der Waals surface area (Å²) in [6.45, 7) is 1.81. The van der Waals surface area contributed by atoms with Crippen LogP contribution in [0, 0.1) is 0 Å². The van der Waals surface area contributed by atoms with Crippen LogP contribution < -0.4 is 11.2 Å². The van der Waals surface area contributed by atoms with Crippen molar-refractivity contribution in [2.75, 3.05) is 6.61 Å². The van der Waals surface area contributed by atoms with E-state index in [9.17, 15) is 19.8 Å². The number of nitrogens with zero attached hydrogens (tertiary/aromatic N) is 1. The first-order valence-electron chi connectivity index (χ1n) is 6.63. The molecule has 0 saturated carbocycles. The largest absolute Gasteiger partial charge is 0.387 e. The molecule has 0 aliphatic carbocycles. The fraction of sp³-hybridized carbons (Fsp3) is 0.636. The Kier molecular flexibility index (Phi) is 6.08. The number of aliphatic hydroxyl groups excluding tert-OH is 2. The number of halogens is 2. The van der Waals surface area contributed by atoms with Crippen molar-refractivity contribution in [3.8, 4) is 0 Å². The van der Waals surface area contributed by atoms with Crippen LogP contribution in [0.15, 0.2) is 15.8 Å². The Labute approximate surface area is 145 Å². The molecule has 1 saturated heterocycles. The van der Waals surface area contributed by atoms with Crippen molar-refractivity contribution in [2.45, 2.75) is 37.9 Å². The molecule has 12 heteroatoms. The van der Waals surface area contributed by atoms with Gasteiger partial charge in [0.1, 0.15) is 24.4 Å². The topological polar surface area (TPSA) is 114 Å². The zero-order valence-corrected chi connectivity index (χ0v) is 15.1. The van der Waals surface area contributed by atoms with Gasteiger partial charge >= 0.3 is 5.69 Å². The lowest BCUT2D eigenvalue weighted by molar-refractivity contribution is -0.0148. The summed E-state index contributed by atoms with van der Waals surface area (Å²) in [5, 5.41) is 20.1. The molecule has 2 rings (SSSR count). The number of aromatic nitrogens is 2. The number of ether oxygens (including phenoxy) is 1. The Bertz CT molecular complexity index is 734. The van der Waals surface area contributed by atoms with Crippen molar-refractivity contribution in [1.82, 2.24) is 9.55 Å². The van der Waals surface area contributed by atoms with Gasteiger partial charge in [-0.25, -0.2) is 4.79 Å². The van der Waals surface area contributed by atoms with Gasteiger partial charge in [-0.3, -0.25) is 9.78 Å². The maximum Gasteiger partial charge on any atom is 0.328 e. The number of aryl methyl sites for hydroxylation is 1. The lowest BCUT2D eigenvalue weighted by atomic mass is 10.0. The lowest BCUT2D eigenvalue weighted by Gasteiger charge is -2.16. The summed E-state index contributed by atoms with van der Waals surface area (Å²) in [6, 6.07) is 0. The molecule has 1 unspecified atom stereocenters. The molecular formula is C11H15Cl2N2O6PS. The SMILES string of the molecule is CCn1cc([C@@H]2O[C@H](COP(=S)(Cl)Cl)[C@H](O)C2O)c(=O)[nH]c1=O. The van der Waals surface area contributed by atoms with Crippen LogP contribution in [-0.4, -0.2) is 44.7 Å². The van der Waals surface area contributed by atoms with Crippen LogP contribution in [0.5, 0.6) is 0 Å². The molecule has 4 atom stereocenters. The minimum absolute atomic E-state index is 0.0247. The highest BCUT2D eigenvalue weighted by molar-refractivity contribution is 8.36. The molecular weight excluding hydrogens is 390 g/mol. The van der Waals surface area contributed by atoms with E-state index in [1.54, 1.807) is 6.92 Å². The molecule has 1 aromatic rings. The highest BCUT2D eigenvalue weighted by atomic mass is 35.9.